The van der Waals surface area contributed by atoms with Crippen LogP contribution < -0.4 is 10.2 Å². The molecule has 156 valence electrons. The van der Waals surface area contributed by atoms with Crippen molar-refractivity contribution in [2.75, 3.05) is 36.4 Å². The van der Waals surface area contributed by atoms with E-state index in [2.05, 4.69) is 20.2 Å². The Bertz CT molecular complexity index is 940. The molecule has 1 aliphatic rings. The van der Waals surface area contributed by atoms with Crippen LogP contribution in [-0.4, -0.2) is 54.8 Å². The summed E-state index contributed by atoms with van der Waals surface area (Å²) in [5.74, 6) is -0.422. The predicted molar refractivity (Wildman–Crippen MR) is 113 cm³/mol. The van der Waals surface area contributed by atoms with Gasteiger partial charge in [0, 0.05) is 38.6 Å². The quantitative estimate of drug-likeness (QED) is 0.744. The maximum atomic E-state index is 13.0. The number of benzene rings is 1. The van der Waals surface area contributed by atoms with E-state index in [1.165, 1.54) is 29.3 Å². The molecule has 0 saturated carbocycles. The number of nitrogens with zero attached hydrogens (tertiary/aromatic N) is 4. The van der Waals surface area contributed by atoms with Crippen molar-refractivity contribution in [2.45, 2.75) is 38.0 Å². The Hall–Kier alpha value is -2.52. The number of nitrogens with one attached hydrogen (secondary N) is 1. The van der Waals surface area contributed by atoms with Crippen LogP contribution in [0.15, 0.2) is 41.7 Å². The topological polar surface area (TPSA) is 95.5 Å². The average molecular weight is 418 g/mol. The van der Waals surface area contributed by atoms with Crippen LogP contribution in [0.1, 0.15) is 43.6 Å². The molecule has 2 aromatic rings. The number of anilines is 2. The largest absolute Gasteiger partial charge is 0.370 e. The molecule has 0 atom stereocenters. The van der Waals surface area contributed by atoms with E-state index in [1.54, 1.807) is 32.0 Å². The number of carbonyl (C=O) groups excluding carboxylic acids is 1. The Morgan fingerprint density at radius 2 is 1.86 bits per heavy atom. The summed E-state index contributed by atoms with van der Waals surface area (Å²) >= 11 is 0. The van der Waals surface area contributed by atoms with Gasteiger partial charge in [0.25, 0.3) is 5.91 Å². The number of sulfonamides is 1. The Labute approximate surface area is 172 Å². The summed E-state index contributed by atoms with van der Waals surface area (Å²) in [6.07, 6.45) is 7.63. The van der Waals surface area contributed by atoms with Crippen molar-refractivity contribution in [3.8, 4) is 0 Å². The van der Waals surface area contributed by atoms with Gasteiger partial charge in [-0.25, -0.2) is 13.4 Å². The fourth-order valence-electron chi connectivity index (χ4n) is 3.50. The van der Waals surface area contributed by atoms with E-state index in [0.29, 0.717) is 18.8 Å². The summed E-state index contributed by atoms with van der Waals surface area (Å²) in [7, 11) is -3.64. The molecular formula is C20H27N5O3S. The molecule has 0 unspecified atom stereocenters. The molecule has 0 radical (unpaired) electrons. The Morgan fingerprint density at radius 1 is 1.14 bits per heavy atom. The summed E-state index contributed by atoms with van der Waals surface area (Å²) in [4.78, 5) is 23.0. The lowest BCUT2D eigenvalue weighted by Gasteiger charge is -2.31. The molecule has 0 aliphatic carbocycles. The number of hydrogen-bond acceptors (Lipinski definition) is 6. The minimum absolute atomic E-state index is 0.163. The molecule has 1 amide bonds. The van der Waals surface area contributed by atoms with Crippen LogP contribution in [0.25, 0.3) is 0 Å². The van der Waals surface area contributed by atoms with E-state index in [0.717, 1.165) is 31.6 Å². The summed E-state index contributed by atoms with van der Waals surface area (Å²) < 4.78 is 27.3. The Balaban J connectivity index is 2.00. The van der Waals surface area contributed by atoms with E-state index < -0.39 is 15.9 Å². The standard InChI is InChI=1S/C20H27N5O3S/c1-3-25(4-2)29(27,28)16-8-9-19(24-12-6-5-7-13-24)17(14-16)23-20(26)18-15-21-10-11-22-18/h8-11,14-15H,3-7,12-13H2,1-2H3,(H,23,26). The second-order valence-corrected chi connectivity index (χ2v) is 8.80. The molecule has 29 heavy (non-hydrogen) atoms. The van der Waals surface area contributed by atoms with Crippen molar-refractivity contribution in [3.63, 3.8) is 0 Å². The van der Waals surface area contributed by atoms with Gasteiger partial charge in [-0.15, -0.1) is 0 Å². The van der Waals surface area contributed by atoms with Crippen LogP contribution in [0.4, 0.5) is 11.4 Å². The van der Waals surface area contributed by atoms with Crippen molar-refractivity contribution < 1.29 is 13.2 Å². The molecule has 1 aromatic carbocycles. The van der Waals surface area contributed by atoms with Gasteiger partial charge >= 0.3 is 0 Å². The van der Waals surface area contributed by atoms with Gasteiger partial charge in [0.1, 0.15) is 5.69 Å². The first-order valence-electron chi connectivity index (χ1n) is 9.94. The molecule has 1 N–H and O–H groups in total. The maximum Gasteiger partial charge on any atom is 0.275 e. The maximum absolute atomic E-state index is 13.0. The normalized spacial score (nSPS) is 14.8. The second kappa shape index (κ2) is 9.32. The zero-order chi connectivity index (χ0) is 20.9. The highest BCUT2D eigenvalue weighted by atomic mass is 32.2. The lowest BCUT2D eigenvalue weighted by atomic mass is 10.1. The average Bonchev–Trinajstić information content (AvgIpc) is 2.75. The van der Waals surface area contributed by atoms with Gasteiger partial charge in [-0.1, -0.05) is 13.8 Å². The number of amides is 1. The number of piperidine rings is 1. The number of hydrogen-bond donors (Lipinski definition) is 1. The van der Waals surface area contributed by atoms with E-state index in [-0.39, 0.29) is 10.6 Å². The van der Waals surface area contributed by atoms with Crippen LogP contribution >= 0.6 is 0 Å². The Morgan fingerprint density at radius 3 is 2.48 bits per heavy atom. The molecule has 1 saturated heterocycles. The van der Waals surface area contributed by atoms with Crippen molar-refractivity contribution in [2.24, 2.45) is 0 Å². The highest BCUT2D eigenvalue weighted by molar-refractivity contribution is 7.89. The van der Waals surface area contributed by atoms with E-state index >= 15 is 0 Å². The van der Waals surface area contributed by atoms with Crippen molar-refractivity contribution in [3.05, 3.63) is 42.5 Å². The first-order valence-corrected chi connectivity index (χ1v) is 11.4. The molecule has 0 bridgehead atoms. The summed E-state index contributed by atoms with van der Waals surface area (Å²) in [6, 6.07) is 4.95. The minimum Gasteiger partial charge on any atom is -0.370 e. The molecule has 2 heterocycles. The van der Waals surface area contributed by atoms with Crippen molar-refractivity contribution in [1.82, 2.24) is 14.3 Å². The highest BCUT2D eigenvalue weighted by Crippen LogP contribution is 2.32. The van der Waals surface area contributed by atoms with Crippen molar-refractivity contribution in [1.29, 1.82) is 0 Å². The fourth-order valence-corrected chi connectivity index (χ4v) is 4.99. The smallest absolute Gasteiger partial charge is 0.275 e. The summed E-state index contributed by atoms with van der Waals surface area (Å²) in [6.45, 7) is 6.12. The van der Waals surface area contributed by atoms with Gasteiger partial charge in [-0.05, 0) is 37.5 Å². The van der Waals surface area contributed by atoms with Gasteiger partial charge in [0.05, 0.1) is 22.5 Å². The SMILES string of the molecule is CCN(CC)S(=O)(=O)c1ccc(N2CCCCC2)c(NC(=O)c2cnccn2)c1. The first-order chi connectivity index (χ1) is 14.0. The van der Waals surface area contributed by atoms with Crippen LogP contribution in [-0.2, 0) is 10.0 Å². The van der Waals surface area contributed by atoms with Gasteiger partial charge in [0.15, 0.2) is 0 Å². The molecule has 1 fully saturated rings. The predicted octanol–water partition coefficient (Wildman–Crippen LogP) is 2.75. The van der Waals surface area contributed by atoms with Crippen LogP contribution in [0.3, 0.4) is 0 Å². The third-order valence-electron chi connectivity index (χ3n) is 5.05. The number of carbonyl (C=O) groups is 1. The number of rotatable bonds is 7. The Kier molecular flexibility index (Phi) is 6.81. The van der Waals surface area contributed by atoms with Gasteiger partial charge in [0.2, 0.25) is 10.0 Å². The molecule has 0 spiro atoms. The van der Waals surface area contributed by atoms with E-state index in [4.69, 9.17) is 0 Å². The zero-order valence-electron chi connectivity index (χ0n) is 16.8. The van der Waals surface area contributed by atoms with Crippen LogP contribution in [0.2, 0.25) is 0 Å². The van der Waals surface area contributed by atoms with E-state index in [1.807, 2.05) is 0 Å². The zero-order valence-corrected chi connectivity index (χ0v) is 17.7. The third kappa shape index (κ3) is 4.73. The molecule has 1 aliphatic heterocycles. The minimum atomic E-state index is -3.64. The monoisotopic (exact) mass is 417 g/mol. The van der Waals surface area contributed by atoms with Crippen LogP contribution in [0.5, 0.6) is 0 Å². The van der Waals surface area contributed by atoms with Gasteiger partial charge in [-0.3, -0.25) is 9.78 Å². The first kappa shape index (κ1) is 21.2. The summed E-state index contributed by atoms with van der Waals surface area (Å²) in [5, 5.41) is 2.85. The lowest BCUT2D eigenvalue weighted by molar-refractivity contribution is 0.102. The number of aromatic nitrogens is 2. The van der Waals surface area contributed by atoms with Crippen LogP contribution in [0, 0.1) is 0 Å². The second-order valence-electron chi connectivity index (χ2n) is 6.86. The lowest BCUT2D eigenvalue weighted by Crippen LogP contribution is -2.32. The molecule has 8 nitrogen and oxygen atoms in total. The van der Waals surface area contributed by atoms with Gasteiger partial charge < -0.3 is 10.2 Å². The molecular weight excluding hydrogens is 390 g/mol. The fraction of sp³-hybridized carbons (Fsp3) is 0.450. The van der Waals surface area contributed by atoms with Gasteiger partial charge in [-0.2, -0.15) is 4.31 Å². The summed E-state index contributed by atoms with van der Waals surface area (Å²) in [5.41, 5.74) is 1.46. The third-order valence-corrected chi connectivity index (χ3v) is 7.10. The molecule has 3 rings (SSSR count). The molecule has 9 heteroatoms. The highest BCUT2D eigenvalue weighted by Gasteiger charge is 2.25. The van der Waals surface area contributed by atoms with Crippen molar-refractivity contribution >= 4 is 27.3 Å². The molecule has 1 aromatic heterocycles. The van der Waals surface area contributed by atoms with E-state index in [9.17, 15) is 13.2 Å².